The minimum absolute atomic E-state index is 0.00609. The molecule has 4 N–H and O–H groups in total. The number of sulfonamides is 1. The topological polar surface area (TPSA) is 148 Å². The van der Waals surface area contributed by atoms with Crippen molar-refractivity contribution in [2.24, 2.45) is 5.73 Å². The smallest absolute Gasteiger partial charge is 0.391 e. The number of rotatable bonds is 7. The molecule has 2 aromatic carbocycles. The third-order valence-corrected chi connectivity index (χ3v) is 7.40. The van der Waals surface area contributed by atoms with Gasteiger partial charge in [-0.25, -0.2) is 22.7 Å². The van der Waals surface area contributed by atoms with Crippen LogP contribution in [0.25, 0.3) is 0 Å². The van der Waals surface area contributed by atoms with E-state index in [1.807, 2.05) is 0 Å². The summed E-state index contributed by atoms with van der Waals surface area (Å²) < 4.78 is 48.8. The number of halogens is 3. The number of nitrogens with one attached hydrogen (secondary N) is 2. The van der Waals surface area contributed by atoms with Gasteiger partial charge in [0.15, 0.2) is 0 Å². The Balaban J connectivity index is 2.19. The van der Waals surface area contributed by atoms with Gasteiger partial charge in [-0.1, -0.05) is 36.2 Å². The fourth-order valence-electron chi connectivity index (χ4n) is 3.51. The quantitative estimate of drug-likeness (QED) is 0.438. The van der Waals surface area contributed by atoms with E-state index in [1.165, 1.54) is 13.0 Å². The molecule has 2 unspecified atom stereocenters. The predicted octanol–water partition coefficient (Wildman–Crippen LogP) is 3.35. The molecule has 3 aromatic rings. The van der Waals surface area contributed by atoms with Crippen LogP contribution in [0.4, 0.5) is 4.39 Å². The molecule has 9 nitrogen and oxygen atoms in total. The minimum Gasteiger partial charge on any atom is -0.391 e. The number of aryl methyl sites for hydroxylation is 1. The lowest BCUT2D eigenvalue weighted by atomic mass is 9.88. The number of carbonyl (C=O) groups excluding carboxylic acids is 1. The lowest BCUT2D eigenvalue weighted by Gasteiger charge is -2.25. The fraction of sp³-hybridized carbons (Fsp3) is 0.250. The van der Waals surface area contributed by atoms with Crippen molar-refractivity contribution in [3.05, 3.63) is 78.8 Å². The van der Waals surface area contributed by atoms with E-state index in [2.05, 4.69) is 14.9 Å². The molecule has 0 spiro atoms. The highest BCUT2D eigenvalue weighted by Crippen LogP contribution is 2.37. The number of nitrogens with two attached hydrogens (primary N) is 1. The molecule has 0 aliphatic heterocycles. The molecule has 176 valence electrons. The summed E-state index contributed by atoms with van der Waals surface area (Å²) in [4.78, 5) is 22.9. The van der Waals surface area contributed by atoms with Crippen LogP contribution in [0.2, 0.25) is 10.0 Å². The van der Waals surface area contributed by atoms with E-state index in [0.29, 0.717) is 5.56 Å². The number of nitrogens with zero attached hydrogens (tertiary/aromatic N) is 1. The zero-order valence-corrected chi connectivity index (χ0v) is 19.9. The predicted molar refractivity (Wildman–Crippen MR) is 119 cm³/mol. The second-order valence-electron chi connectivity index (χ2n) is 7.37. The monoisotopic (exact) mass is 516 g/mol. The van der Waals surface area contributed by atoms with Gasteiger partial charge in [0.25, 0.3) is 0 Å². The van der Waals surface area contributed by atoms with Crippen LogP contribution in [0, 0.1) is 19.7 Å². The molecule has 33 heavy (non-hydrogen) atoms. The first-order valence-electron chi connectivity index (χ1n) is 9.45. The summed E-state index contributed by atoms with van der Waals surface area (Å²) in [5.41, 5.74) is 6.40. The number of benzene rings is 2. The highest BCUT2D eigenvalue weighted by Gasteiger charge is 2.35. The van der Waals surface area contributed by atoms with Crippen molar-refractivity contribution in [3.63, 3.8) is 0 Å². The number of H-pyrrole nitrogens is 1. The van der Waals surface area contributed by atoms with Crippen molar-refractivity contribution < 1.29 is 22.0 Å². The molecular weight excluding hydrogens is 498 g/mol. The molecule has 3 rings (SSSR count). The number of hydrogen-bond donors (Lipinski definition) is 3. The van der Waals surface area contributed by atoms with E-state index in [-0.39, 0.29) is 21.5 Å². The van der Waals surface area contributed by atoms with Gasteiger partial charge in [-0.3, -0.25) is 4.79 Å². The summed E-state index contributed by atoms with van der Waals surface area (Å²) in [7, 11) is -4.59. The number of aromatic amines is 1. The zero-order valence-electron chi connectivity index (χ0n) is 17.6. The molecule has 0 aliphatic rings. The van der Waals surface area contributed by atoms with Crippen molar-refractivity contribution in [1.82, 2.24) is 14.9 Å². The van der Waals surface area contributed by atoms with E-state index in [0.717, 1.165) is 17.7 Å². The second-order valence-corrected chi connectivity index (χ2v) is 9.86. The van der Waals surface area contributed by atoms with Crippen molar-refractivity contribution in [1.29, 1.82) is 0 Å². The van der Waals surface area contributed by atoms with Crippen LogP contribution in [-0.4, -0.2) is 24.5 Å². The Morgan fingerprint density at radius 3 is 2.52 bits per heavy atom. The SMILES string of the molecule is Cc1ccc(F)c(C(C)C(NS(=O)(=O)c2c(Cl)cc(Cl)cc2C(N)=O)c2n[nH]c(=O)o2)c1C. The Bertz CT molecular complexity index is 1400. The van der Waals surface area contributed by atoms with Gasteiger partial charge < -0.3 is 10.2 Å². The summed E-state index contributed by atoms with van der Waals surface area (Å²) in [5, 5.41) is 5.40. The van der Waals surface area contributed by atoms with Crippen molar-refractivity contribution in [2.75, 3.05) is 0 Å². The molecule has 13 heteroatoms. The van der Waals surface area contributed by atoms with Crippen LogP contribution in [0.3, 0.4) is 0 Å². The number of aromatic nitrogens is 2. The summed E-state index contributed by atoms with van der Waals surface area (Å²) in [5.74, 6) is -3.87. The summed E-state index contributed by atoms with van der Waals surface area (Å²) in [6.45, 7) is 4.98. The van der Waals surface area contributed by atoms with Gasteiger partial charge in [0, 0.05) is 10.9 Å². The average molecular weight is 517 g/mol. The summed E-state index contributed by atoms with van der Waals surface area (Å²) in [6.07, 6.45) is 0. The van der Waals surface area contributed by atoms with Crippen LogP contribution < -0.4 is 16.2 Å². The number of carbonyl (C=O) groups is 1. The molecule has 1 aromatic heterocycles. The third-order valence-electron chi connectivity index (χ3n) is 5.23. The molecule has 0 fully saturated rings. The van der Waals surface area contributed by atoms with E-state index >= 15 is 0 Å². The largest absolute Gasteiger partial charge is 0.434 e. The number of hydrogen-bond acceptors (Lipinski definition) is 6. The normalized spacial score (nSPS) is 13.6. The highest BCUT2D eigenvalue weighted by molar-refractivity contribution is 7.89. The van der Waals surface area contributed by atoms with E-state index in [9.17, 15) is 22.4 Å². The fourth-order valence-corrected chi connectivity index (χ4v) is 5.83. The van der Waals surface area contributed by atoms with Crippen LogP contribution >= 0.6 is 23.2 Å². The van der Waals surface area contributed by atoms with E-state index in [1.54, 1.807) is 19.9 Å². The molecule has 2 atom stereocenters. The van der Waals surface area contributed by atoms with E-state index < -0.39 is 49.9 Å². The summed E-state index contributed by atoms with van der Waals surface area (Å²) >= 11 is 12.0. The Hall–Kier alpha value is -2.73. The highest BCUT2D eigenvalue weighted by atomic mass is 35.5. The molecule has 1 heterocycles. The first-order chi connectivity index (χ1) is 15.3. The van der Waals surface area contributed by atoms with Crippen LogP contribution in [-0.2, 0) is 10.0 Å². The molecule has 0 bridgehead atoms. The van der Waals surface area contributed by atoms with Gasteiger partial charge in [0.1, 0.15) is 16.8 Å². The van der Waals surface area contributed by atoms with Crippen LogP contribution in [0.5, 0.6) is 0 Å². The average Bonchev–Trinajstić information content (AvgIpc) is 3.14. The van der Waals surface area contributed by atoms with Gasteiger partial charge >= 0.3 is 5.76 Å². The lowest BCUT2D eigenvalue weighted by Crippen LogP contribution is -2.34. The lowest BCUT2D eigenvalue weighted by molar-refractivity contribution is 0.0997. The Labute approximate surface area is 198 Å². The van der Waals surface area contributed by atoms with Crippen molar-refractivity contribution >= 4 is 39.1 Å². The first-order valence-corrected chi connectivity index (χ1v) is 11.7. The van der Waals surface area contributed by atoms with Crippen molar-refractivity contribution in [2.45, 2.75) is 37.6 Å². The van der Waals surface area contributed by atoms with Crippen molar-refractivity contribution in [3.8, 4) is 0 Å². The van der Waals surface area contributed by atoms with Gasteiger partial charge in [-0.15, -0.1) is 5.10 Å². The van der Waals surface area contributed by atoms with Crippen LogP contribution in [0.15, 0.2) is 38.4 Å². The Morgan fingerprint density at radius 1 is 1.27 bits per heavy atom. The molecule has 0 radical (unpaired) electrons. The molecule has 0 aliphatic carbocycles. The second kappa shape index (κ2) is 9.26. The number of primary amides is 1. The van der Waals surface area contributed by atoms with E-state index in [4.69, 9.17) is 33.4 Å². The minimum atomic E-state index is -4.59. The van der Waals surface area contributed by atoms with Gasteiger partial charge in [-0.2, -0.15) is 4.72 Å². The van der Waals surface area contributed by atoms with Crippen LogP contribution in [0.1, 0.15) is 51.8 Å². The standard InChI is InChI=1S/C20H19Cl2FN4O5S/c1-8-4-5-14(23)15(9(8)2)10(3)16(19-25-26-20(29)32-19)27-33(30,31)17-12(18(24)28)6-11(21)7-13(17)22/h4-7,10,16,27H,1-3H3,(H2,24,28)(H,26,29). The maximum Gasteiger partial charge on any atom is 0.434 e. The zero-order chi connectivity index (χ0) is 24.7. The molecule has 0 saturated heterocycles. The maximum atomic E-state index is 14.8. The van der Waals surface area contributed by atoms with Gasteiger partial charge in [0.2, 0.25) is 21.8 Å². The number of amides is 1. The maximum absolute atomic E-state index is 14.8. The van der Waals surface area contributed by atoms with Gasteiger partial charge in [-0.05, 0) is 48.7 Å². The summed E-state index contributed by atoms with van der Waals surface area (Å²) in [6, 6.07) is 3.66. The first kappa shape index (κ1) is 24.9. The molecular formula is C20H19Cl2FN4O5S. The molecule has 0 saturated carbocycles. The third kappa shape index (κ3) is 4.96. The molecule has 1 amide bonds. The van der Waals surface area contributed by atoms with Gasteiger partial charge in [0.05, 0.1) is 10.6 Å². The Kier molecular flexibility index (Phi) is 6.99. The Morgan fingerprint density at radius 2 is 1.94 bits per heavy atom.